The zero-order valence-corrected chi connectivity index (χ0v) is 15.9. The molecule has 0 unspecified atom stereocenters. The van der Waals surface area contributed by atoms with Gasteiger partial charge in [-0.05, 0) is 40.6 Å². The normalized spacial score (nSPS) is 14.6. The molecular formula is C21H18N4O2S. The van der Waals surface area contributed by atoms with Crippen molar-refractivity contribution in [3.8, 4) is 11.1 Å². The van der Waals surface area contributed by atoms with Crippen LogP contribution in [0.5, 0.6) is 0 Å². The van der Waals surface area contributed by atoms with Gasteiger partial charge in [-0.15, -0.1) is 0 Å². The molecule has 0 radical (unpaired) electrons. The monoisotopic (exact) mass is 390 g/mol. The molecule has 4 aromatic heterocycles. The number of fused-ring (bicyclic) bond motifs is 1. The van der Waals surface area contributed by atoms with E-state index in [4.69, 9.17) is 9.40 Å². The van der Waals surface area contributed by atoms with Crippen molar-refractivity contribution in [2.24, 2.45) is 0 Å². The van der Waals surface area contributed by atoms with Crippen molar-refractivity contribution in [1.82, 2.24) is 14.9 Å². The van der Waals surface area contributed by atoms with Gasteiger partial charge in [0.05, 0.1) is 6.26 Å². The van der Waals surface area contributed by atoms with Gasteiger partial charge in [0.15, 0.2) is 11.6 Å². The molecule has 0 atom stereocenters. The van der Waals surface area contributed by atoms with Gasteiger partial charge in [-0.25, -0.2) is 4.98 Å². The van der Waals surface area contributed by atoms with Crippen LogP contribution in [0.3, 0.4) is 0 Å². The average molecular weight is 390 g/mol. The summed E-state index contributed by atoms with van der Waals surface area (Å²) in [6, 6.07) is 9.60. The second-order valence-corrected chi connectivity index (χ2v) is 7.44. The highest BCUT2D eigenvalue weighted by Gasteiger charge is 2.25. The van der Waals surface area contributed by atoms with Crippen LogP contribution in [0.15, 0.2) is 64.2 Å². The van der Waals surface area contributed by atoms with Crippen molar-refractivity contribution in [2.75, 3.05) is 31.1 Å². The fourth-order valence-corrected chi connectivity index (χ4v) is 4.27. The number of furan rings is 1. The van der Waals surface area contributed by atoms with Gasteiger partial charge < -0.3 is 14.2 Å². The van der Waals surface area contributed by atoms with E-state index in [0.29, 0.717) is 31.9 Å². The number of hydrogen-bond donors (Lipinski definition) is 0. The topological polar surface area (TPSA) is 62.5 Å². The molecule has 1 saturated heterocycles. The first-order valence-electron chi connectivity index (χ1n) is 9.15. The van der Waals surface area contributed by atoms with E-state index in [-0.39, 0.29) is 5.91 Å². The number of carbonyl (C=O) groups excluding carboxylic acids is 1. The van der Waals surface area contributed by atoms with E-state index in [0.717, 1.165) is 27.8 Å². The third-order valence-corrected chi connectivity index (χ3v) is 5.74. The first kappa shape index (κ1) is 16.9. The molecular weight excluding hydrogens is 372 g/mol. The first-order chi connectivity index (χ1) is 13.8. The number of anilines is 1. The maximum atomic E-state index is 12.5. The molecule has 0 saturated carbocycles. The lowest BCUT2D eigenvalue weighted by Crippen LogP contribution is -2.49. The molecule has 6 nitrogen and oxygen atoms in total. The van der Waals surface area contributed by atoms with Crippen molar-refractivity contribution < 1.29 is 9.21 Å². The molecule has 1 amide bonds. The number of carbonyl (C=O) groups is 1. The third-order valence-electron chi connectivity index (χ3n) is 5.06. The van der Waals surface area contributed by atoms with Crippen LogP contribution < -0.4 is 4.90 Å². The van der Waals surface area contributed by atoms with Gasteiger partial charge in [0.2, 0.25) is 0 Å². The summed E-state index contributed by atoms with van der Waals surface area (Å²) in [6.45, 7) is 2.68. The maximum absolute atomic E-state index is 12.5. The summed E-state index contributed by atoms with van der Waals surface area (Å²) in [6.07, 6.45) is 5.27. The highest BCUT2D eigenvalue weighted by atomic mass is 32.1. The van der Waals surface area contributed by atoms with E-state index < -0.39 is 0 Å². The standard InChI is InChI=1S/C21H18N4O2S/c26-21(18-4-2-11-27-18)25-9-7-24(8-10-25)20-19-16(3-1-6-22-19)17(13-23-20)15-5-12-28-14-15/h1-6,11-14H,7-10H2. The SMILES string of the molecule is O=C(c1ccco1)N1CCN(c2ncc(-c3ccsc3)c3cccnc23)CC1. The van der Waals surface area contributed by atoms with Crippen LogP contribution in [0.1, 0.15) is 10.6 Å². The van der Waals surface area contributed by atoms with Crippen molar-refractivity contribution >= 4 is 34.0 Å². The number of nitrogens with zero attached hydrogens (tertiary/aromatic N) is 4. The summed E-state index contributed by atoms with van der Waals surface area (Å²) in [5.74, 6) is 1.20. The molecule has 7 heteroatoms. The first-order valence-corrected chi connectivity index (χ1v) is 10.1. The largest absolute Gasteiger partial charge is 0.459 e. The average Bonchev–Trinajstić information content (AvgIpc) is 3.47. The Bertz CT molecular complexity index is 1100. The summed E-state index contributed by atoms with van der Waals surface area (Å²) in [5, 5.41) is 5.29. The van der Waals surface area contributed by atoms with E-state index >= 15 is 0 Å². The summed E-state index contributed by atoms with van der Waals surface area (Å²) in [7, 11) is 0. The van der Waals surface area contributed by atoms with Gasteiger partial charge in [0, 0.05) is 49.5 Å². The van der Waals surface area contributed by atoms with Gasteiger partial charge in [-0.2, -0.15) is 11.3 Å². The maximum Gasteiger partial charge on any atom is 0.289 e. The Hall–Kier alpha value is -3.19. The van der Waals surface area contributed by atoms with Crippen LogP contribution in [-0.4, -0.2) is 47.0 Å². The van der Waals surface area contributed by atoms with Crippen LogP contribution in [-0.2, 0) is 0 Å². The van der Waals surface area contributed by atoms with Crippen LogP contribution >= 0.6 is 11.3 Å². The number of hydrogen-bond acceptors (Lipinski definition) is 6. The summed E-state index contributed by atoms with van der Waals surface area (Å²) >= 11 is 1.67. The number of rotatable bonds is 3. The molecule has 1 aliphatic heterocycles. The van der Waals surface area contributed by atoms with E-state index in [1.54, 1.807) is 23.5 Å². The van der Waals surface area contributed by atoms with Gasteiger partial charge in [0.1, 0.15) is 5.52 Å². The number of amides is 1. The second-order valence-electron chi connectivity index (χ2n) is 6.66. The molecule has 1 fully saturated rings. The number of thiophene rings is 1. The predicted molar refractivity (Wildman–Crippen MR) is 110 cm³/mol. The lowest BCUT2D eigenvalue weighted by atomic mass is 10.1. The second kappa shape index (κ2) is 7.09. The molecule has 28 heavy (non-hydrogen) atoms. The Labute approximate surface area is 166 Å². The Morgan fingerprint density at radius 1 is 1.07 bits per heavy atom. The van der Waals surface area contributed by atoms with Crippen LogP contribution in [0, 0.1) is 0 Å². The van der Waals surface area contributed by atoms with E-state index in [1.165, 1.54) is 6.26 Å². The molecule has 4 aromatic rings. The molecule has 5 rings (SSSR count). The Morgan fingerprint density at radius 2 is 1.96 bits per heavy atom. The molecule has 140 valence electrons. The molecule has 5 heterocycles. The molecule has 1 aliphatic rings. The molecule has 0 N–H and O–H groups in total. The molecule has 0 aliphatic carbocycles. The summed E-state index contributed by atoms with van der Waals surface area (Å²) in [5.41, 5.74) is 3.16. The van der Waals surface area contributed by atoms with E-state index in [9.17, 15) is 4.79 Å². The molecule has 0 bridgehead atoms. The zero-order valence-electron chi connectivity index (χ0n) is 15.1. The highest BCUT2D eigenvalue weighted by Crippen LogP contribution is 2.33. The number of piperazine rings is 1. The Kier molecular flexibility index (Phi) is 4.29. The van der Waals surface area contributed by atoms with Gasteiger partial charge >= 0.3 is 0 Å². The van der Waals surface area contributed by atoms with Gasteiger partial charge in [-0.1, -0.05) is 6.07 Å². The Balaban J connectivity index is 1.42. The third kappa shape index (κ3) is 2.93. The summed E-state index contributed by atoms with van der Waals surface area (Å²) < 4.78 is 5.24. The van der Waals surface area contributed by atoms with Gasteiger partial charge in [-0.3, -0.25) is 9.78 Å². The minimum Gasteiger partial charge on any atom is -0.459 e. The number of aromatic nitrogens is 2. The summed E-state index contributed by atoms with van der Waals surface area (Å²) in [4.78, 5) is 25.9. The van der Waals surface area contributed by atoms with Crippen LogP contribution in [0.2, 0.25) is 0 Å². The van der Waals surface area contributed by atoms with Crippen LogP contribution in [0.4, 0.5) is 5.82 Å². The smallest absolute Gasteiger partial charge is 0.289 e. The quantitative estimate of drug-likeness (QED) is 0.531. The van der Waals surface area contributed by atoms with Crippen molar-refractivity contribution in [1.29, 1.82) is 0 Å². The highest BCUT2D eigenvalue weighted by molar-refractivity contribution is 7.08. The minimum absolute atomic E-state index is 0.0617. The predicted octanol–water partition coefficient (Wildman–Crippen LogP) is 3.91. The van der Waals surface area contributed by atoms with Crippen molar-refractivity contribution in [3.05, 3.63) is 65.5 Å². The minimum atomic E-state index is -0.0617. The fourth-order valence-electron chi connectivity index (χ4n) is 3.61. The lowest BCUT2D eigenvalue weighted by molar-refractivity contribution is 0.0714. The molecule has 0 spiro atoms. The number of pyridine rings is 2. The van der Waals surface area contributed by atoms with Crippen molar-refractivity contribution in [2.45, 2.75) is 0 Å². The van der Waals surface area contributed by atoms with Crippen molar-refractivity contribution in [3.63, 3.8) is 0 Å². The van der Waals surface area contributed by atoms with Gasteiger partial charge in [0.25, 0.3) is 5.91 Å². The Morgan fingerprint density at radius 3 is 2.71 bits per heavy atom. The van der Waals surface area contributed by atoms with E-state index in [1.807, 2.05) is 23.4 Å². The zero-order chi connectivity index (χ0) is 18.9. The lowest BCUT2D eigenvalue weighted by Gasteiger charge is -2.35. The van der Waals surface area contributed by atoms with E-state index in [2.05, 4.69) is 32.8 Å². The van der Waals surface area contributed by atoms with Crippen LogP contribution in [0.25, 0.3) is 22.0 Å². The molecule has 0 aromatic carbocycles. The fraction of sp³-hybridized carbons (Fsp3) is 0.190.